The van der Waals surface area contributed by atoms with Gasteiger partial charge in [-0.15, -0.1) is 0 Å². The van der Waals surface area contributed by atoms with Crippen molar-refractivity contribution in [3.8, 4) is 11.5 Å². The molecule has 1 aromatic carbocycles. The number of carbonyl (C=O) groups is 1. The van der Waals surface area contributed by atoms with Gasteiger partial charge in [-0.05, 0) is 25.0 Å². The highest BCUT2D eigenvalue weighted by atomic mass is 16.5. The molecular weight excluding hydrogens is 360 g/mol. The van der Waals surface area contributed by atoms with Crippen molar-refractivity contribution in [2.45, 2.75) is 25.4 Å². The van der Waals surface area contributed by atoms with Crippen molar-refractivity contribution in [1.82, 2.24) is 14.5 Å². The number of aromatic nitrogens is 3. The van der Waals surface area contributed by atoms with Crippen LogP contribution in [0, 0.1) is 0 Å². The summed E-state index contributed by atoms with van der Waals surface area (Å²) in [6.07, 6.45) is 4.49. The van der Waals surface area contributed by atoms with Gasteiger partial charge in [0.1, 0.15) is 18.0 Å². The number of hydrogen-bond donors (Lipinski definition) is 0. The van der Waals surface area contributed by atoms with E-state index in [9.17, 15) is 9.59 Å². The van der Waals surface area contributed by atoms with Gasteiger partial charge in [-0.1, -0.05) is 18.2 Å². The fraction of sp³-hybridized carbons (Fsp3) is 0.300. The highest BCUT2D eigenvalue weighted by Crippen LogP contribution is 2.35. The molecule has 1 aliphatic rings. The zero-order chi connectivity index (χ0) is 19.7. The number of carbonyl (C=O) groups excluding carboxylic acids is 1. The third-order valence-electron chi connectivity index (χ3n) is 4.96. The van der Waals surface area contributed by atoms with E-state index in [2.05, 4.69) is 14.7 Å². The molecular formula is C20H20N4O4. The topological polar surface area (TPSA) is 90.5 Å². The Hall–Kier alpha value is -3.42. The molecule has 1 aliphatic heterocycles. The van der Waals surface area contributed by atoms with Crippen LogP contribution in [0.2, 0.25) is 0 Å². The number of ether oxygens (including phenoxy) is 1. The molecule has 144 valence electrons. The third-order valence-corrected chi connectivity index (χ3v) is 4.96. The minimum absolute atomic E-state index is 0.138. The number of methoxy groups -OCH3 is 1. The zero-order valence-electron chi connectivity index (χ0n) is 15.7. The van der Waals surface area contributed by atoms with E-state index in [0.717, 1.165) is 12.0 Å². The minimum Gasteiger partial charge on any atom is -0.468 e. The Balaban J connectivity index is 1.66. The lowest BCUT2D eigenvalue weighted by molar-refractivity contribution is -0.141. The van der Waals surface area contributed by atoms with Crippen LogP contribution in [-0.4, -0.2) is 34.7 Å². The van der Waals surface area contributed by atoms with Crippen molar-refractivity contribution >= 4 is 11.7 Å². The van der Waals surface area contributed by atoms with Gasteiger partial charge in [0.05, 0.1) is 31.4 Å². The summed E-state index contributed by atoms with van der Waals surface area (Å²) in [6, 6.07) is 9.53. The van der Waals surface area contributed by atoms with E-state index in [1.807, 2.05) is 42.3 Å². The Morgan fingerprint density at radius 1 is 1.29 bits per heavy atom. The molecule has 0 aliphatic carbocycles. The second kappa shape index (κ2) is 7.30. The summed E-state index contributed by atoms with van der Waals surface area (Å²) in [5, 5.41) is 0. The molecule has 1 unspecified atom stereocenters. The van der Waals surface area contributed by atoms with Crippen molar-refractivity contribution in [1.29, 1.82) is 0 Å². The SMILES string of the molecule is COC(=O)Cn1cnc2c(c1=O)N(C)C(c1cnc(-c3ccccc3)o1)CC2. The molecule has 0 saturated heterocycles. The van der Waals surface area contributed by atoms with Gasteiger partial charge < -0.3 is 14.1 Å². The Bertz CT molecular complexity index is 1060. The Morgan fingerprint density at radius 3 is 2.82 bits per heavy atom. The van der Waals surface area contributed by atoms with E-state index in [0.29, 0.717) is 29.5 Å². The van der Waals surface area contributed by atoms with Crippen LogP contribution in [0.15, 0.2) is 52.1 Å². The quantitative estimate of drug-likeness (QED) is 0.641. The summed E-state index contributed by atoms with van der Waals surface area (Å²) in [5.41, 5.74) is 1.81. The maximum atomic E-state index is 12.9. The molecule has 0 fully saturated rings. The van der Waals surface area contributed by atoms with Crippen LogP contribution in [0.3, 0.4) is 0 Å². The first kappa shape index (κ1) is 18.0. The van der Waals surface area contributed by atoms with Gasteiger partial charge in [0, 0.05) is 12.6 Å². The summed E-state index contributed by atoms with van der Waals surface area (Å²) in [6.45, 7) is -0.172. The summed E-state index contributed by atoms with van der Waals surface area (Å²) >= 11 is 0. The third kappa shape index (κ3) is 3.17. The normalized spacial score (nSPS) is 15.9. The summed E-state index contributed by atoms with van der Waals surface area (Å²) < 4.78 is 11.9. The number of oxazole rings is 1. The number of benzene rings is 1. The van der Waals surface area contributed by atoms with Crippen LogP contribution in [-0.2, 0) is 22.5 Å². The van der Waals surface area contributed by atoms with Gasteiger partial charge in [0.15, 0.2) is 0 Å². The summed E-state index contributed by atoms with van der Waals surface area (Å²) in [7, 11) is 3.12. The highest BCUT2D eigenvalue weighted by Gasteiger charge is 2.31. The van der Waals surface area contributed by atoms with Crippen LogP contribution in [0.4, 0.5) is 5.69 Å². The first-order valence-corrected chi connectivity index (χ1v) is 8.97. The number of aryl methyl sites for hydroxylation is 1. The molecule has 3 aromatic rings. The second-order valence-electron chi connectivity index (χ2n) is 6.65. The van der Waals surface area contributed by atoms with Crippen LogP contribution in [0.5, 0.6) is 0 Å². The monoisotopic (exact) mass is 380 g/mol. The van der Waals surface area contributed by atoms with Crippen LogP contribution in [0.25, 0.3) is 11.5 Å². The number of esters is 1. The second-order valence-corrected chi connectivity index (χ2v) is 6.65. The van der Waals surface area contributed by atoms with Crippen molar-refractivity contribution < 1.29 is 13.9 Å². The predicted octanol–water partition coefficient (Wildman–Crippen LogP) is 2.20. The summed E-state index contributed by atoms with van der Waals surface area (Å²) in [5.74, 6) is 0.737. The van der Waals surface area contributed by atoms with E-state index in [4.69, 9.17) is 4.42 Å². The number of rotatable bonds is 4. The number of nitrogens with zero attached hydrogens (tertiary/aromatic N) is 4. The number of anilines is 1. The van der Waals surface area contributed by atoms with Crippen LogP contribution in [0.1, 0.15) is 23.9 Å². The molecule has 1 atom stereocenters. The van der Waals surface area contributed by atoms with Crippen molar-refractivity contribution in [3.05, 3.63) is 64.7 Å². The maximum Gasteiger partial charge on any atom is 0.325 e. The van der Waals surface area contributed by atoms with Crippen LogP contribution >= 0.6 is 0 Å². The smallest absolute Gasteiger partial charge is 0.325 e. The fourth-order valence-corrected chi connectivity index (χ4v) is 3.48. The number of fused-ring (bicyclic) bond motifs is 1. The Labute approximate surface area is 161 Å². The molecule has 0 bridgehead atoms. The number of hydrogen-bond acceptors (Lipinski definition) is 7. The fourth-order valence-electron chi connectivity index (χ4n) is 3.48. The zero-order valence-corrected chi connectivity index (χ0v) is 15.7. The van der Waals surface area contributed by atoms with Crippen molar-refractivity contribution in [3.63, 3.8) is 0 Å². The maximum absolute atomic E-state index is 12.9. The lowest BCUT2D eigenvalue weighted by atomic mass is 9.99. The van der Waals surface area contributed by atoms with E-state index < -0.39 is 5.97 Å². The van der Waals surface area contributed by atoms with Gasteiger partial charge in [0.2, 0.25) is 5.89 Å². The van der Waals surface area contributed by atoms with Crippen LogP contribution < -0.4 is 10.5 Å². The van der Waals surface area contributed by atoms with E-state index in [-0.39, 0.29) is 18.1 Å². The predicted molar refractivity (Wildman–Crippen MR) is 102 cm³/mol. The van der Waals surface area contributed by atoms with Gasteiger partial charge in [-0.2, -0.15) is 0 Å². The standard InChI is InChI=1S/C20H20N4O4/c1-23-15(16-10-21-19(28-16)13-6-4-3-5-7-13)9-8-14-18(23)20(26)24(12-22-14)11-17(25)27-2/h3-7,10,12,15H,8-9,11H2,1-2H3. The molecule has 3 heterocycles. The van der Waals surface area contributed by atoms with Crippen molar-refractivity contribution in [2.24, 2.45) is 0 Å². The van der Waals surface area contributed by atoms with Crippen molar-refractivity contribution in [2.75, 3.05) is 19.1 Å². The molecule has 0 amide bonds. The largest absolute Gasteiger partial charge is 0.468 e. The first-order chi connectivity index (χ1) is 13.6. The van der Waals surface area contributed by atoms with Gasteiger partial charge in [-0.3, -0.25) is 14.2 Å². The highest BCUT2D eigenvalue weighted by molar-refractivity contribution is 5.69. The first-order valence-electron chi connectivity index (χ1n) is 8.97. The van der Waals surface area contributed by atoms with Gasteiger partial charge >= 0.3 is 5.97 Å². The Kier molecular flexibility index (Phi) is 4.68. The molecule has 0 spiro atoms. The molecule has 8 nitrogen and oxygen atoms in total. The average Bonchev–Trinajstić information content (AvgIpc) is 3.20. The molecule has 0 radical (unpaired) electrons. The lowest BCUT2D eigenvalue weighted by Crippen LogP contribution is -2.38. The Morgan fingerprint density at radius 2 is 2.07 bits per heavy atom. The molecule has 2 aromatic heterocycles. The minimum atomic E-state index is -0.499. The van der Waals surface area contributed by atoms with E-state index >= 15 is 0 Å². The summed E-state index contributed by atoms with van der Waals surface area (Å²) in [4.78, 5) is 35.1. The lowest BCUT2D eigenvalue weighted by Gasteiger charge is -2.33. The van der Waals surface area contributed by atoms with E-state index in [1.165, 1.54) is 18.0 Å². The molecule has 28 heavy (non-hydrogen) atoms. The average molecular weight is 380 g/mol. The molecule has 0 saturated carbocycles. The molecule has 8 heteroatoms. The molecule has 4 rings (SSSR count). The molecule has 0 N–H and O–H groups in total. The van der Waals surface area contributed by atoms with Gasteiger partial charge in [-0.25, -0.2) is 9.97 Å². The van der Waals surface area contributed by atoms with Gasteiger partial charge in [0.25, 0.3) is 5.56 Å². The van der Waals surface area contributed by atoms with E-state index in [1.54, 1.807) is 6.20 Å².